The van der Waals surface area contributed by atoms with Crippen molar-refractivity contribution in [2.75, 3.05) is 7.11 Å². The Labute approximate surface area is 118 Å². The second-order valence-electron chi connectivity index (χ2n) is 4.45. The van der Waals surface area contributed by atoms with Gasteiger partial charge in [0.15, 0.2) is 5.78 Å². The monoisotopic (exact) mass is 268 g/mol. The van der Waals surface area contributed by atoms with Gasteiger partial charge in [-0.25, -0.2) is 0 Å². The highest BCUT2D eigenvalue weighted by Gasteiger charge is 2.10. The summed E-state index contributed by atoms with van der Waals surface area (Å²) in [5.74, 6) is -0.411. The van der Waals surface area contributed by atoms with Gasteiger partial charge in [0.05, 0.1) is 13.5 Å². The third kappa shape index (κ3) is 3.54. The molecule has 0 atom stereocenters. The standard InChI is InChI=1S/C17H16O3/c1-20-17(19)11-10-16(18)15-9-5-8-14(12-15)13-6-3-2-4-7-13/h2-9,12H,10-11H2,1H3. The lowest BCUT2D eigenvalue weighted by Gasteiger charge is -2.05. The molecule has 0 radical (unpaired) electrons. The van der Waals surface area contributed by atoms with Gasteiger partial charge in [-0.2, -0.15) is 0 Å². The quantitative estimate of drug-likeness (QED) is 0.616. The summed E-state index contributed by atoms with van der Waals surface area (Å²) in [6.07, 6.45) is 0.288. The highest BCUT2D eigenvalue weighted by Crippen LogP contribution is 2.20. The van der Waals surface area contributed by atoms with E-state index < -0.39 is 0 Å². The van der Waals surface area contributed by atoms with E-state index in [0.717, 1.165) is 11.1 Å². The van der Waals surface area contributed by atoms with Gasteiger partial charge in [-0.05, 0) is 17.2 Å². The molecule has 0 saturated heterocycles. The van der Waals surface area contributed by atoms with Gasteiger partial charge in [0.2, 0.25) is 0 Å². The molecule has 0 heterocycles. The van der Waals surface area contributed by atoms with Crippen molar-refractivity contribution in [2.24, 2.45) is 0 Å². The number of rotatable bonds is 5. The van der Waals surface area contributed by atoms with Gasteiger partial charge in [-0.3, -0.25) is 9.59 Å². The molecular weight excluding hydrogens is 252 g/mol. The number of Topliss-reactive ketones (excluding diaryl/α,β-unsaturated/α-hetero) is 1. The minimum Gasteiger partial charge on any atom is -0.469 e. The zero-order valence-electron chi connectivity index (χ0n) is 11.3. The number of benzene rings is 2. The second kappa shape index (κ2) is 6.66. The van der Waals surface area contributed by atoms with Crippen molar-refractivity contribution in [3.8, 4) is 11.1 Å². The molecule has 0 amide bonds. The smallest absolute Gasteiger partial charge is 0.305 e. The van der Waals surface area contributed by atoms with Crippen LogP contribution in [0.4, 0.5) is 0 Å². The number of hydrogen-bond donors (Lipinski definition) is 0. The number of carbonyl (C=O) groups excluding carboxylic acids is 2. The van der Waals surface area contributed by atoms with Crippen molar-refractivity contribution < 1.29 is 14.3 Å². The van der Waals surface area contributed by atoms with Crippen molar-refractivity contribution in [2.45, 2.75) is 12.8 Å². The second-order valence-corrected chi connectivity index (χ2v) is 4.45. The number of carbonyl (C=O) groups is 2. The number of ketones is 1. The van der Waals surface area contributed by atoms with Gasteiger partial charge in [0, 0.05) is 12.0 Å². The average molecular weight is 268 g/mol. The van der Waals surface area contributed by atoms with Crippen LogP contribution in [0.15, 0.2) is 54.6 Å². The minimum absolute atomic E-state index is 0.0480. The fourth-order valence-corrected chi connectivity index (χ4v) is 1.96. The van der Waals surface area contributed by atoms with Crippen LogP contribution in [0.1, 0.15) is 23.2 Å². The van der Waals surface area contributed by atoms with Crippen LogP contribution in [0.25, 0.3) is 11.1 Å². The molecule has 3 nitrogen and oxygen atoms in total. The first-order chi connectivity index (χ1) is 9.70. The van der Waals surface area contributed by atoms with Crippen LogP contribution in [-0.2, 0) is 9.53 Å². The lowest BCUT2D eigenvalue weighted by Crippen LogP contribution is -2.06. The summed E-state index contributed by atoms with van der Waals surface area (Å²) in [5.41, 5.74) is 2.68. The molecule has 0 spiro atoms. The molecule has 2 rings (SSSR count). The largest absolute Gasteiger partial charge is 0.469 e. The van der Waals surface area contributed by atoms with Crippen LogP contribution in [0.5, 0.6) is 0 Å². The maximum Gasteiger partial charge on any atom is 0.305 e. The number of esters is 1. The molecule has 2 aromatic rings. The van der Waals surface area contributed by atoms with E-state index in [1.54, 1.807) is 6.07 Å². The summed E-state index contributed by atoms with van der Waals surface area (Å²) in [6.45, 7) is 0. The van der Waals surface area contributed by atoms with E-state index in [2.05, 4.69) is 4.74 Å². The zero-order chi connectivity index (χ0) is 14.4. The molecule has 0 aliphatic rings. The van der Waals surface area contributed by atoms with Gasteiger partial charge in [-0.1, -0.05) is 48.5 Å². The van der Waals surface area contributed by atoms with E-state index in [-0.39, 0.29) is 24.6 Å². The maximum absolute atomic E-state index is 12.0. The first kappa shape index (κ1) is 14.0. The summed E-state index contributed by atoms with van der Waals surface area (Å²) < 4.78 is 4.54. The van der Waals surface area contributed by atoms with Crippen molar-refractivity contribution in [1.29, 1.82) is 0 Å². The number of ether oxygens (including phenoxy) is 1. The third-order valence-corrected chi connectivity index (χ3v) is 3.08. The van der Waals surface area contributed by atoms with Crippen LogP contribution in [-0.4, -0.2) is 18.9 Å². The van der Waals surface area contributed by atoms with Crippen LogP contribution in [0.3, 0.4) is 0 Å². The fourth-order valence-electron chi connectivity index (χ4n) is 1.96. The van der Waals surface area contributed by atoms with Crippen LogP contribution in [0.2, 0.25) is 0 Å². The molecule has 0 fully saturated rings. The van der Waals surface area contributed by atoms with Crippen molar-refractivity contribution >= 4 is 11.8 Å². The molecule has 102 valence electrons. The topological polar surface area (TPSA) is 43.4 Å². The summed E-state index contributed by atoms with van der Waals surface area (Å²) in [4.78, 5) is 23.1. The van der Waals surface area contributed by atoms with Crippen LogP contribution in [0, 0.1) is 0 Å². The minimum atomic E-state index is -0.363. The Kier molecular flexibility index (Phi) is 4.66. The molecule has 0 aliphatic heterocycles. The lowest BCUT2D eigenvalue weighted by molar-refractivity contribution is -0.140. The van der Waals surface area contributed by atoms with E-state index in [9.17, 15) is 9.59 Å². The number of hydrogen-bond acceptors (Lipinski definition) is 3. The molecular formula is C17H16O3. The summed E-state index contributed by atoms with van der Waals surface area (Å²) >= 11 is 0. The maximum atomic E-state index is 12.0. The van der Waals surface area contributed by atoms with Crippen molar-refractivity contribution in [3.05, 3.63) is 60.2 Å². The van der Waals surface area contributed by atoms with E-state index >= 15 is 0 Å². The van der Waals surface area contributed by atoms with E-state index in [1.807, 2.05) is 48.5 Å². The Morgan fingerprint density at radius 1 is 0.900 bits per heavy atom. The summed E-state index contributed by atoms with van der Waals surface area (Å²) in [5, 5.41) is 0. The Bertz CT molecular complexity index is 603. The predicted octanol–water partition coefficient (Wildman–Crippen LogP) is 3.49. The molecule has 0 unspecified atom stereocenters. The summed E-state index contributed by atoms with van der Waals surface area (Å²) in [7, 11) is 1.32. The molecule has 3 heteroatoms. The highest BCUT2D eigenvalue weighted by molar-refractivity contribution is 5.98. The van der Waals surface area contributed by atoms with Crippen LogP contribution >= 0.6 is 0 Å². The predicted molar refractivity (Wildman–Crippen MR) is 77.5 cm³/mol. The van der Waals surface area contributed by atoms with Gasteiger partial charge in [-0.15, -0.1) is 0 Å². The van der Waals surface area contributed by atoms with Gasteiger partial charge in [0.1, 0.15) is 0 Å². The van der Waals surface area contributed by atoms with E-state index in [0.29, 0.717) is 5.56 Å². The fraction of sp³-hybridized carbons (Fsp3) is 0.176. The van der Waals surface area contributed by atoms with Crippen molar-refractivity contribution in [1.82, 2.24) is 0 Å². The average Bonchev–Trinajstić information content (AvgIpc) is 2.53. The lowest BCUT2D eigenvalue weighted by atomic mass is 10.00. The normalized spacial score (nSPS) is 10.1. The Balaban J connectivity index is 2.14. The molecule has 0 aromatic heterocycles. The van der Waals surface area contributed by atoms with Gasteiger partial charge >= 0.3 is 5.97 Å². The van der Waals surface area contributed by atoms with E-state index in [4.69, 9.17) is 0 Å². The summed E-state index contributed by atoms with van der Waals surface area (Å²) in [6, 6.07) is 17.3. The Hall–Kier alpha value is -2.42. The molecule has 20 heavy (non-hydrogen) atoms. The highest BCUT2D eigenvalue weighted by atomic mass is 16.5. The molecule has 2 aromatic carbocycles. The molecule has 0 saturated carbocycles. The van der Waals surface area contributed by atoms with Gasteiger partial charge in [0.25, 0.3) is 0 Å². The van der Waals surface area contributed by atoms with Gasteiger partial charge < -0.3 is 4.74 Å². The Morgan fingerprint density at radius 2 is 1.60 bits per heavy atom. The van der Waals surface area contributed by atoms with E-state index in [1.165, 1.54) is 7.11 Å². The molecule has 0 N–H and O–H groups in total. The molecule has 0 aliphatic carbocycles. The van der Waals surface area contributed by atoms with Crippen molar-refractivity contribution in [3.63, 3.8) is 0 Å². The van der Waals surface area contributed by atoms with Crippen LogP contribution < -0.4 is 0 Å². The first-order valence-electron chi connectivity index (χ1n) is 6.46. The molecule has 0 bridgehead atoms. The Morgan fingerprint density at radius 3 is 2.30 bits per heavy atom. The SMILES string of the molecule is COC(=O)CCC(=O)c1cccc(-c2ccccc2)c1. The third-order valence-electron chi connectivity index (χ3n) is 3.08. The number of methoxy groups -OCH3 is 1. The first-order valence-corrected chi connectivity index (χ1v) is 6.46. The zero-order valence-corrected chi connectivity index (χ0v) is 11.3.